The van der Waals surface area contributed by atoms with Gasteiger partial charge in [0.15, 0.2) is 11.5 Å². The van der Waals surface area contributed by atoms with Gasteiger partial charge in [0.25, 0.3) is 0 Å². The molecule has 5 rings (SSSR count). The summed E-state index contributed by atoms with van der Waals surface area (Å²) in [7, 11) is -3.68. The van der Waals surface area contributed by atoms with Crippen LogP contribution in [0.3, 0.4) is 0 Å². The van der Waals surface area contributed by atoms with Crippen LogP contribution in [0.1, 0.15) is 42.9 Å². The van der Waals surface area contributed by atoms with Gasteiger partial charge in [-0.25, -0.2) is 8.42 Å². The van der Waals surface area contributed by atoms with Crippen LogP contribution in [0.2, 0.25) is 0 Å². The SMILES string of the molecule is Cc1cc(N2CCCC2=O)ccc1S(=O)(=O)N1CCCC1c1ccc2c(c1)OCCO2. The minimum atomic E-state index is -3.68. The standard InChI is InChI=1S/C23H26N2O5S/c1-16-14-18(24-10-3-5-23(24)26)7-9-22(16)31(27,28)25-11-2-4-19(25)17-6-8-20-21(15-17)30-13-12-29-20/h6-9,14-15,19H,2-5,10-13H2,1H3. The topological polar surface area (TPSA) is 76.2 Å². The average molecular weight is 443 g/mol. The van der Waals surface area contributed by atoms with Gasteiger partial charge in [-0.15, -0.1) is 0 Å². The maximum Gasteiger partial charge on any atom is 0.243 e. The molecule has 3 aliphatic heterocycles. The molecule has 2 aromatic carbocycles. The Balaban J connectivity index is 1.45. The van der Waals surface area contributed by atoms with Gasteiger partial charge in [0.05, 0.1) is 10.9 Å². The van der Waals surface area contributed by atoms with E-state index in [2.05, 4.69) is 0 Å². The van der Waals surface area contributed by atoms with Crippen molar-refractivity contribution in [3.05, 3.63) is 47.5 Å². The number of amides is 1. The summed E-state index contributed by atoms with van der Waals surface area (Å²) in [4.78, 5) is 14.1. The van der Waals surface area contributed by atoms with Gasteiger partial charge in [0.1, 0.15) is 13.2 Å². The van der Waals surface area contributed by atoms with E-state index in [0.717, 1.165) is 30.5 Å². The van der Waals surface area contributed by atoms with E-state index in [-0.39, 0.29) is 11.9 Å². The van der Waals surface area contributed by atoms with E-state index in [4.69, 9.17) is 9.47 Å². The molecule has 0 bridgehead atoms. The monoisotopic (exact) mass is 442 g/mol. The van der Waals surface area contributed by atoms with Crippen molar-refractivity contribution < 1.29 is 22.7 Å². The third kappa shape index (κ3) is 3.57. The molecule has 0 aliphatic carbocycles. The van der Waals surface area contributed by atoms with E-state index >= 15 is 0 Å². The predicted molar refractivity (Wildman–Crippen MR) is 116 cm³/mol. The van der Waals surface area contributed by atoms with Crippen LogP contribution in [0, 0.1) is 6.92 Å². The largest absolute Gasteiger partial charge is 0.486 e. The zero-order valence-corrected chi connectivity index (χ0v) is 18.4. The number of carbonyl (C=O) groups is 1. The normalized spacial score (nSPS) is 21.6. The van der Waals surface area contributed by atoms with Crippen LogP contribution in [0.5, 0.6) is 11.5 Å². The highest BCUT2D eigenvalue weighted by molar-refractivity contribution is 7.89. The second-order valence-electron chi connectivity index (χ2n) is 8.28. The van der Waals surface area contributed by atoms with Crippen molar-refractivity contribution in [3.63, 3.8) is 0 Å². The van der Waals surface area contributed by atoms with Crippen molar-refractivity contribution in [1.82, 2.24) is 4.31 Å². The Morgan fingerprint density at radius 1 is 0.968 bits per heavy atom. The first kappa shape index (κ1) is 20.3. The fraction of sp³-hybridized carbons (Fsp3) is 0.435. The fourth-order valence-corrected chi connectivity index (χ4v) is 6.66. The Bertz CT molecular complexity index is 1130. The van der Waals surface area contributed by atoms with Crippen molar-refractivity contribution in [2.45, 2.75) is 43.5 Å². The second kappa shape index (κ2) is 7.84. The Labute approximate surface area is 182 Å². The zero-order chi connectivity index (χ0) is 21.6. The molecule has 2 fully saturated rings. The van der Waals surface area contributed by atoms with Crippen LogP contribution in [-0.4, -0.2) is 44.9 Å². The lowest BCUT2D eigenvalue weighted by molar-refractivity contribution is -0.117. The third-order valence-electron chi connectivity index (χ3n) is 6.28. The lowest BCUT2D eigenvalue weighted by Crippen LogP contribution is -2.31. The Morgan fingerprint density at radius 2 is 1.77 bits per heavy atom. The van der Waals surface area contributed by atoms with Gasteiger partial charge >= 0.3 is 0 Å². The van der Waals surface area contributed by atoms with Gasteiger partial charge in [-0.2, -0.15) is 4.31 Å². The molecule has 1 unspecified atom stereocenters. The van der Waals surface area contributed by atoms with Gasteiger partial charge in [0.2, 0.25) is 15.9 Å². The highest BCUT2D eigenvalue weighted by Crippen LogP contribution is 2.41. The van der Waals surface area contributed by atoms with Gasteiger partial charge in [-0.3, -0.25) is 4.79 Å². The Kier molecular flexibility index (Phi) is 5.14. The number of carbonyl (C=O) groups excluding carboxylic acids is 1. The maximum atomic E-state index is 13.6. The first-order valence-electron chi connectivity index (χ1n) is 10.8. The molecule has 2 aromatic rings. The van der Waals surface area contributed by atoms with Crippen molar-refractivity contribution in [2.75, 3.05) is 31.2 Å². The summed E-state index contributed by atoms with van der Waals surface area (Å²) in [6.45, 7) is 3.98. The molecule has 8 heteroatoms. The van der Waals surface area contributed by atoms with Gasteiger partial charge in [0, 0.05) is 25.2 Å². The molecule has 1 amide bonds. The van der Waals surface area contributed by atoms with Crippen LogP contribution in [0.4, 0.5) is 5.69 Å². The summed E-state index contributed by atoms with van der Waals surface area (Å²) in [6, 6.07) is 10.7. The Morgan fingerprint density at radius 3 is 2.52 bits per heavy atom. The van der Waals surface area contributed by atoms with E-state index in [1.807, 2.05) is 24.3 Å². The number of benzene rings is 2. The lowest BCUT2D eigenvalue weighted by Gasteiger charge is -2.27. The minimum absolute atomic E-state index is 0.0909. The summed E-state index contributed by atoms with van der Waals surface area (Å²) in [5.41, 5.74) is 2.34. The molecule has 0 saturated carbocycles. The molecule has 0 N–H and O–H groups in total. The van der Waals surface area contributed by atoms with E-state index in [0.29, 0.717) is 54.7 Å². The number of hydrogen-bond acceptors (Lipinski definition) is 5. The molecule has 1 atom stereocenters. The summed E-state index contributed by atoms with van der Waals surface area (Å²) in [5.74, 6) is 1.46. The number of fused-ring (bicyclic) bond motifs is 1. The van der Waals surface area contributed by atoms with Crippen molar-refractivity contribution in [2.24, 2.45) is 0 Å². The van der Waals surface area contributed by atoms with Gasteiger partial charge < -0.3 is 14.4 Å². The van der Waals surface area contributed by atoms with Crippen molar-refractivity contribution in [3.8, 4) is 11.5 Å². The summed E-state index contributed by atoms with van der Waals surface area (Å²) < 4.78 is 40.1. The van der Waals surface area contributed by atoms with Crippen LogP contribution >= 0.6 is 0 Å². The molecule has 0 aromatic heterocycles. The highest BCUT2D eigenvalue weighted by Gasteiger charge is 2.37. The number of sulfonamides is 1. The van der Waals surface area contributed by atoms with Crippen molar-refractivity contribution in [1.29, 1.82) is 0 Å². The first-order valence-corrected chi connectivity index (χ1v) is 12.2. The number of rotatable bonds is 4. The molecule has 3 heterocycles. The Hall–Kier alpha value is -2.58. The average Bonchev–Trinajstić information content (AvgIpc) is 3.43. The van der Waals surface area contributed by atoms with E-state index < -0.39 is 10.0 Å². The molecule has 3 aliphatic rings. The van der Waals surface area contributed by atoms with Crippen molar-refractivity contribution >= 4 is 21.6 Å². The maximum absolute atomic E-state index is 13.6. The van der Waals surface area contributed by atoms with Gasteiger partial charge in [-0.1, -0.05) is 6.07 Å². The second-order valence-corrected chi connectivity index (χ2v) is 10.1. The molecule has 31 heavy (non-hydrogen) atoms. The zero-order valence-electron chi connectivity index (χ0n) is 17.5. The third-order valence-corrected chi connectivity index (χ3v) is 8.35. The molecular formula is C23H26N2O5S. The number of nitrogens with zero attached hydrogens (tertiary/aromatic N) is 2. The van der Waals surface area contributed by atoms with Gasteiger partial charge in [-0.05, 0) is 67.6 Å². The molecular weight excluding hydrogens is 416 g/mol. The molecule has 0 spiro atoms. The van der Waals surface area contributed by atoms with Crippen LogP contribution in [-0.2, 0) is 14.8 Å². The summed E-state index contributed by atoms with van der Waals surface area (Å²) >= 11 is 0. The smallest absolute Gasteiger partial charge is 0.243 e. The number of ether oxygens (including phenoxy) is 2. The highest BCUT2D eigenvalue weighted by atomic mass is 32.2. The fourth-order valence-electron chi connectivity index (χ4n) is 4.77. The first-order chi connectivity index (χ1) is 14.9. The van der Waals surface area contributed by atoms with Crippen LogP contribution < -0.4 is 14.4 Å². The molecule has 164 valence electrons. The minimum Gasteiger partial charge on any atom is -0.486 e. The van der Waals surface area contributed by atoms with E-state index in [9.17, 15) is 13.2 Å². The number of anilines is 1. The summed E-state index contributed by atoms with van der Waals surface area (Å²) in [5, 5.41) is 0. The molecule has 7 nitrogen and oxygen atoms in total. The quantitative estimate of drug-likeness (QED) is 0.725. The lowest BCUT2D eigenvalue weighted by atomic mass is 10.0. The van der Waals surface area contributed by atoms with E-state index in [1.54, 1.807) is 28.3 Å². The van der Waals surface area contributed by atoms with E-state index in [1.165, 1.54) is 0 Å². The number of aryl methyl sites for hydroxylation is 1. The number of hydrogen-bond donors (Lipinski definition) is 0. The molecule has 0 radical (unpaired) electrons. The predicted octanol–water partition coefficient (Wildman–Crippen LogP) is 3.42. The van der Waals surface area contributed by atoms with Crippen LogP contribution in [0.15, 0.2) is 41.3 Å². The molecule has 2 saturated heterocycles. The summed E-state index contributed by atoms with van der Waals surface area (Å²) in [6.07, 6.45) is 2.95. The van der Waals surface area contributed by atoms with Crippen LogP contribution in [0.25, 0.3) is 0 Å².